The summed E-state index contributed by atoms with van der Waals surface area (Å²) in [5.41, 5.74) is 1.70. The van der Waals surface area contributed by atoms with E-state index < -0.39 is 30.6 Å². The first-order valence-electron chi connectivity index (χ1n) is 8.44. The number of hydrogen-bond acceptors (Lipinski definition) is 7. The Hall–Kier alpha value is -2.01. The average Bonchev–Trinajstić information content (AvgIpc) is 3.25. The Morgan fingerprint density at radius 1 is 1.25 bits per heavy atom. The predicted molar refractivity (Wildman–Crippen MR) is 102 cm³/mol. The Morgan fingerprint density at radius 2 is 2.04 bits per heavy atom. The van der Waals surface area contributed by atoms with E-state index in [0.717, 1.165) is 0 Å². The van der Waals surface area contributed by atoms with Crippen molar-refractivity contribution in [1.29, 1.82) is 0 Å². The van der Waals surface area contributed by atoms with Gasteiger partial charge in [0.15, 0.2) is 12.1 Å². The van der Waals surface area contributed by atoms with Crippen LogP contribution in [0, 0.1) is 0 Å². The van der Waals surface area contributed by atoms with Crippen LogP contribution in [-0.2, 0) is 11.2 Å². The fourth-order valence-electron chi connectivity index (χ4n) is 3.42. The van der Waals surface area contributed by atoms with E-state index in [4.69, 9.17) is 33.8 Å². The van der Waals surface area contributed by atoms with E-state index >= 15 is 0 Å². The van der Waals surface area contributed by atoms with Crippen LogP contribution in [0.5, 0.6) is 0 Å². The van der Waals surface area contributed by atoms with Gasteiger partial charge in [0.1, 0.15) is 24.4 Å². The zero-order valence-corrected chi connectivity index (χ0v) is 15.9. The van der Waals surface area contributed by atoms with Crippen molar-refractivity contribution >= 4 is 35.3 Å². The maximum absolute atomic E-state index is 10.7. The van der Waals surface area contributed by atoms with E-state index in [9.17, 15) is 15.3 Å². The van der Waals surface area contributed by atoms with Crippen molar-refractivity contribution in [2.75, 3.05) is 0 Å². The van der Waals surface area contributed by atoms with Crippen LogP contribution in [0.25, 0.3) is 0 Å². The zero-order valence-electron chi connectivity index (χ0n) is 14.4. The number of fused-ring (bicyclic) bond motifs is 1. The molecule has 28 heavy (non-hydrogen) atoms. The van der Waals surface area contributed by atoms with Crippen molar-refractivity contribution in [3.05, 3.63) is 51.3 Å². The molecule has 5 N–H and O–H groups in total. The van der Waals surface area contributed by atoms with Crippen LogP contribution in [0.3, 0.4) is 0 Å². The number of aliphatic hydroxyl groups excluding tert-OH is 3. The number of hydrazone groups is 1. The van der Waals surface area contributed by atoms with Gasteiger partial charge >= 0.3 is 0 Å². The number of halogens is 2. The molecule has 0 amide bonds. The Kier molecular flexibility index (Phi) is 5.13. The van der Waals surface area contributed by atoms with Crippen LogP contribution in [0.15, 0.2) is 34.5 Å². The molecule has 4 rings (SSSR count). The molecule has 2 aliphatic rings. The summed E-state index contributed by atoms with van der Waals surface area (Å²) < 4.78 is 7.26. The summed E-state index contributed by atoms with van der Waals surface area (Å²) in [7, 11) is 0. The SMILES string of the molecule is N/N=C1/N=CCc2c1cnn2[C@@H]1O[C@H]([C@H](O)c2ccc(Cl)c(Cl)c2)[C@@H](O)[C@H]1O. The second-order valence-corrected chi connectivity index (χ2v) is 7.32. The summed E-state index contributed by atoms with van der Waals surface area (Å²) in [6, 6.07) is 4.60. The van der Waals surface area contributed by atoms with Gasteiger partial charge in [0.2, 0.25) is 0 Å². The summed E-state index contributed by atoms with van der Waals surface area (Å²) in [6.45, 7) is 0. The van der Waals surface area contributed by atoms with Crippen LogP contribution in [-0.4, -0.2) is 55.5 Å². The number of aliphatic hydroxyl groups is 3. The molecule has 5 atom stereocenters. The number of benzene rings is 1. The minimum absolute atomic E-state index is 0.261. The van der Waals surface area contributed by atoms with Crippen molar-refractivity contribution in [3.63, 3.8) is 0 Å². The van der Waals surface area contributed by atoms with Crippen LogP contribution < -0.4 is 5.84 Å². The van der Waals surface area contributed by atoms with E-state index in [1.165, 1.54) is 23.0 Å². The Morgan fingerprint density at radius 3 is 2.75 bits per heavy atom. The quantitative estimate of drug-likeness (QED) is 0.423. The third-order valence-electron chi connectivity index (χ3n) is 4.87. The molecule has 1 aromatic carbocycles. The maximum atomic E-state index is 10.7. The molecule has 0 bridgehead atoms. The van der Waals surface area contributed by atoms with Crippen molar-refractivity contribution in [1.82, 2.24) is 9.78 Å². The molecule has 1 saturated heterocycles. The molecule has 1 aromatic heterocycles. The van der Waals surface area contributed by atoms with Gasteiger partial charge in [0.25, 0.3) is 0 Å². The molecule has 0 spiro atoms. The highest BCUT2D eigenvalue weighted by molar-refractivity contribution is 6.42. The van der Waals surface area contributed by atoms with Gasteiger partial charge in [-0.3, -0.25) is 0 Å². The molecule has 148 valence electrons. The number of amidine groups is 1. The van der Waals surface area contributed by atoms with Gasteiger partial charge in [-0.05, 0) is 17.7 Å². The molecule has 0 unspecified atom stereocenters. The van der Waals surface area contributed by atoms with Crippen LogP contribution in [0.1, 0.15) is 29.2 Å². The summed E-state index contributed by atoms with van der Waals surface area (Å²) in [4.78, 5) is 4.09. The van der Waals surface area contributed by atoms with Crippen LogP contribution in [0.4, 0.5) is 0 Å². The lowest BCUT2D eigenvalue weighted by Gasteiger charge is -2.22. The van der Waals surface area contributed by atoms with Crippen molar-refractivity contribution in [2.24, 2.45) is 15.9 Å². The number of aliphatic imine (C=N–C) groups is 1. The van der Waals surface area contributed by atoms with Crippen LogP contribution >= 0.6 is 23.2 Å². The molecular weight excluding hydrogens is 409 g/mol. The number of aromatic nitrogens is 2. The molecule has 1 fully saturated rings. The second kappa shape index (κ2) is 7.43. The fraction of sp³-hybridized carbons (Fsp3) is 0.353. The maximum Gasteiger partial charge on any atom is 0.181 e. The normalized spacial score (nSPS) is 29.2. The molecule has 0 saturated carbocycles. The molecule has 3 heterocycles. The monoisotopic (exact) mass is 425 g/mol. The summed E-state index contributed by atoms with van der Waals surface area (Å²) >= 11 is 11.9. The molecule has 0 radical (unpaired) electrons. The van der Waals surface area contributed by atoms with Crippen molar-refractivity contribution < 1.29 is 20.1 Å². The highest BCUT2D eigenvalue weighted by atomic mass is 35.5. The number of nitrogens with zero attached hydrogens (tertiary/aromatic N) is 4. The molecular formula is C17H17Cl2N5O4. The average molecular weight is 426 g/mol. The van der Waals surface area contributed by atoms with E-state index in [1.807, 2.05) is 0 Å². The summed E-state index contributed by atoms with van der Waals surface area (Å²) in [5.74, 6) is 5.66. The predicted octanol–water partition coefficient (Wildman–Crippen LogP) is 0.790. The van der Waals surface area contributed by atoms with Gasteiger partial charge < -0.3 is 25.9 Å². The van der Waals surface area contributed by atoms with Gasteiger partial charge in [-0.1, -0.05) is 29.3 Å². The Labute approximate surface area is 169 Å². The minimum atomic E-state index is -1.35. The second-order valence-electron chi connectivity index (χ2n) is 6.51. The number of ether oxygens (including phenoxy) is 1. The largest absolute Gasteiger partial charge is 0.387 e. The molecule has 0 aliphatic carbocycles. The first kappa shape index (κ1) is 19.3. The van der Waals surface area contributed by atoms with Gasteiger partial charge in [-0.15, -0.1) is 0 Å². The number of hydrogen-bond donors (Lipinski definition) is 4. The fourth-order valence-corrected chi connectivity index (χ4v) is 3.73. The molecule has 2 aliphatic heterocycles. The lowest BCUT2D eigenvalue weighted by molar-refractivity contribution is -0.0903. The third kappa shape index (κ3) is 3.10. The van der Waals surface area contributed by atoms with Crippen molar-refractivity contribution in [3.8, 4) is 0 Å². The van der Waals surface area contributed by atoms with E-state index in [1.54, 1.807) is 12.3 Å². The standard InChI is InChI=1S/C17H17Cl2N5O4/c18-9-2-1-7(5-10(9)19)12(25)15-13(26)14(27)17(28-15)24-11-3-4-21-16(23-20)8(11)6-22-24/h1-2,4-6,12-15,17,25-27H,3,20H2/b23-16+/t12-,13+,14-,15-,17-/m1/s1. The van der Waals surface area contributed by atoms with Gasteiger partial charge in [-0.25, -0.2) is 9.67 Å². The zero-order chi connectivity index (χ0) is 20.0. The van der Waals surface area contributed by atoms with E-state index in [0.29, 0.717) is 34.1 Å². The lowest BCUT2D eigenvalue weighted by atomic mass is 9.99. The number of rotatable bonds is 3. The highest BCUT2D eigenvalue weighted by Gasteiger charge is 2.48. The first-order valence-corrected chi connectivity index (χ1v) is 9.19. The van der Waals surface area contributed by atoms with Crippen LogP contribution in [0.2, 0.25) is 10.0 Å². The first-order chi connectivity index (χ1) is 13.4. The Bertz CT molecular complexity index is 963. The molecule has 2 aromatic rings. The Balaban J connectivity index is 1.62. The summed E-state index contributed by atoms with van der Waals surface area (Å²) in [5, 5.41) is 40.1. The minimum Gasteiger partial charge on any atom is -0.387 e. The van der Waals surface area contributed by atoms with Gasteiger partial charge in [-0.2, -0.15) is 10.2 Å². The third-order valence-corrected chi connectivity index (χ3v) is 5.61. The lowest BCUT2D eigenvalue weighted by Crippen LogP contribution is -2.35. The van der Waals surface area contributed by atoms with Gasteiger partial charge in [0, 0.05) is 12.6 Å². The smallest absolute Gasteiger partial charge is 0.181 e. The topological polar surface area (TPSA) is 138 Å². The van der Waals surface area contributed by atoms with Gasteiger partial charge in [0.05, 0.1) is 27.5 Å². The molecule has 9 nitrogen and oxygen atoms in total. The highest BCUT2D eigenvalue weighted by Crippen LogP contribution is 2.38. The van der Waals surface area contributed by atoms with Crippen molar-refractivity contribution in [2.45, 2.75) is 37.1 Å². The van der Waals surface area contributed by atoms with E-state index in [-0.39, 0.29) is 5.02 Å². The van der Waals surface area contributed by atoms with E-state index in [2.05, 4.69) is 15.2 Å². The molecule has 11 heteroatoms. The number of nitrogens with two attached hydrogens (primary N) is 1. The summed E-state index contributed by atoms with van der Waals surface area (Å²) in [6.07, 6.45) is -2.45.